The van der Waals surface area contributed by atoms with E-state index in [1.165, 1.54) is 12.8 Å². The van der Waals surface area contributed by atoms with Gasteiger partial charge in [0.15, 0.2) is 0 Å². The quantitative estimate of drug-likeness (QED) is 0.793. The van der Waals surface area contributed by atoms with E-state index in [9.17, 15) is 0 Å². The highest BCUT2D eigenvalue weighted by Crippen LogP contribution is 2.30. The molecule has 15 heavy (non-hydrogen) atoms. The summed E-state index contributed by atoms with van der Waals surface area (Å²) in [6.45, 7) is 6.80. The van der Waals surface area contributed by atoms with E-state index in [0.717, 1.165) is 13.1 Å². The Morgan fingerprint density at radius 2 is 2.27 bits per heavy atom. The first-order valence-corrected chi connectivity index (χ1v) is 5.38. The van der Waals surface area contributed by atoms with Crippen LogP contribution in [0.15, 0.2) is 4.42 Å². The van der Waals surface area contributed by atoms with Crippen LogP contribution in [0.3, 0.4) is 0 Å². The number of hydrogen-bond acceptors (Lipinski definition) is 5. The van der Waals surface area contributed by atoms with E-state index in [1.54, 1.807) is 0 Å². The fourth-order valence-corrected chi connectivity index (χ4v) is 2.04. The van der Waals surface area contributed by atoms with Gasteiger partial charge in [0.25, 0.3) is 0 Å². The zero-order valence-electron chi connectivity index (χ0n) is 9.36. The number of rotatable bonds is 2. The van der Waals surface area contributed by atoms with E-state index < -0.39 is 0 Å². The molecule has 5 heteroatoms. The molecule has 1 saturated heterocycles. The summed E-state index contributed by atoms with van der Waals surface area (Å²) in [6.07, 6.45) is 2.43. The fourth-order valence-electron chi connectivity index (χ4n) is 2.04. The first-order valence-electron chi connectivity index (χ1n) is 5.38. The Morgan fingerprint density at radius 3 is 2.87 bits per heavy atom. The second-order valence-corrected chi connectivity index (χ2v) is 4.87. The van der Waals surface area contributed by atoms with E-state index in [-0.39, 0.29) is 0 Å². The summed E-state index contributed by atoms with van der Waals surface area (Å²) >= 11 is 0. The van der Waals surface area contributed by atoms with Crippen molar-refractivity contribution in [3.63, 3.8) is 0 Å². The van der Waals surface area contributed by atoms with E-state index in [0.29, 0.717) is 23.9 Å². The Morgan fingerprint density at radius 1 is 1.47 bits per heavy atom. The summed E-state index contributed by atoms with van der Waals surface area (Å²) in [5, 5.41) is 7.88. The summed E-state index contributed by atoms with van der Waals surface area (Å²) < 4.78 is 5.44. The zero-order chi connectivity index (χ0) is 10.9. The fraction of sp³-hybridized carbons (Fsp3) is 0.800. The number of piperidine rings is 1. The van der Waals surface area contributed by atoms with Crippen LogP contribution in [0, 0.1) is 5.41 Å². The molecule has 0 aliphatic carbocycles. The molecule has 0 amide bonds. The summed E-state index contributed by atoms with van der Waals surface area (Å²) in [5.74, 6) is 0.508. The smallest absolute Gasteiger partial charge is 0.318 e. The van der Waals surface area contributed by atoms with Crippen molar-refractivity contribution >= 4 is 6.01 Å². The minimum atomic E-state index is 0.310. The predicted molar refractivity (Wildman–Crippen MR) is 57.4 cm³/mol. The number of anilines is 1. The van der Waals surface area contributed by atoms with Gasteiger partial charge in [-0.3, -0.25) is 0 Å². The van der Waals surface area contributed by atoms with E-state index in [2.05, 4.69) is 28.9 Å². The standard InChI is InChI=1S/C10H18N4O/c1-10(2)4-3-5-14(7-10)9-13-12-8(6-11)15-9/h3-7,11H2,1-2H3. The predicted octanol–water partition coefficient (Wildman–Crippen LogP) is 1.15. The van der Waals surface area contributed by atoms with Gasteiger partial charge in [-0.25, -0.2) is 0 Å². The van der Waals surface area contributed by atoms with Crippen molar-refractivity contribution in [3.8, 4) is 0 Å². The Bertz CT molecular complexity index is 334. The minimum absolute atomic E-state index is 0.310. The molecule has 0 aromatic carbocycles. The summed E-state index contributed by atoms with van der Waals surface area (Å²) in [5.41, 5.74) is 5.76. The molecule has 2 heterocycles. The molecular formula is C10H18N4O. The molecule has 0 spiro atoms. The number of nitrogens with zero attached hydrogens (tertiary/aromatic N) is 3. The van der Waals surface area contributed by atoms with Gasteiger partial charge in [0.05, 0.1) is 6.54 Å². The Kier molecular flexibility index (Phi) is 2.65. The highest BCUT2D eigenvalue weighted by molar-refractivity contribution is 5.25. The molecule has 84 valence electrons. The lowest BCUT2D eigenvalue weighted by atomic mass is 9.84. The SMILES string of the molecule is CC1(C)CCCN(c2nnc(CN)o2)C1. The molecule has 1 aromatic heterocycles. The second-order valence-electron chi connectivity index (χ2n) is 4.87. The summed E-state index contributed by atoms with van der Waals surface area (Å²) in [7, 11) is 0. The molecule has 5 nitrogen and oxygen atoms in total. The lowest BCUT2D eigenvalue weighted by Crippen LogP contribution is -2.40. The van der Waals surface area contributed by atoms with Crippen molar-refractivity contribution in [1.29, 1.82) is 0 Å². The van der Waals surface area contributed by atoms with Crippen molar-refractivity contribution in [2.24, 2.45) is 11.1 Å². The summed E-state index contributed by atoms with van der Waals surface area (Å²) in [6, 6.07) is 0.614. The van der Waals surface area contributed by atoms with Crippen LogP contribution in [0.1, 0.15) is 32.6 Å². The molecule has 1 aliphatic rings. The van der Waals surface area contributed by atoms with Crippen molar-refractivity contribution in [2.75, 3.05) is 18.0 Å². The maximum atomic E-state index is 5.44. The molecule has 0 bridgehead atoms. The number of nitrogens with two attached hydrogens (primary N) is 1. The maximum absolute atomic E-state index is 5.44. The minimum Gasteiger partial charge on any atom is -0.407 e. The van der Waals surface area contributed by atoms with Crippen LogP contribution >= 0.6 is 0 Å². The number of aromatic nitrogens is 2. The van der Waals surface area contributed by atoms with E-state index >= 15 is 0 Å². The van der Waals surface area contributed by atoms with Gasteiger partial charge in [-0.1, -0.05) is 18.9 Å². The molecule has 2 rings (SSSR count). The first kappa shape index (κ1) is 10.4. The number of hydrogen-bond donors (Lipinski definition) is 1. The van der Waals surface area contributed by atoms with Crippen molar-refractivity contribution < 1.29 is 4.42 Å². The van der Waals surface area contributed by atoms with Gasteiger partial charge < -0.3 is 15.1 Å². The monoisotopic (exact) mass is 210 g/mol. The normalized spacial score (nSPS) is 20.6. The van der Waals surface area contributed by atoms with Crippen molar-refractivity contribution in [1.82, 2.24) is 10.2 Å². The average molecular weight is 210 g/mol. The van der Waals surface area contributed by atoms with Gasteiger partial charge in [0.1, 0.15) is 0 Å². The lowest BCUT2D eigenvalue weighted by Gasteiger charge is -2.36. The van der Waals surface area contributed by atoms with Crippen LogP contribution in [-0.4, -0.2) is 23.3 Å². The molecule has 0 atom stereocenters. The molecule has 0 unspecified atom stereocenters. The molecular weight excluding hydrogens is 192 g/mol. The van der Waals surface area contributed by atoms with E-state index in [4.69, 9.17) is 10.2 Å². The first-order chi connectivity index (χ1) is 7.11. The molecule has 1 fully saturated rings. The van der Waals surface area contributed by atoms with Crippen LogP contribution in [0.25, 0.3) is 0 Å². The molecule has 0 radical (unpaired) electrons. The summed E-state index contributed by atoms with van der Waals surface area (Å²) in [4.78, 5) is 2.15. The maximum Gasteiger partial charge on any atom is 0.318 e. The molecule has 1 aromatic rings. The van der Waals surface area contributed by atoms with Crippen molar-refractivity contribution in [2.45, 2.75) is 33.2 Å². The average Bonchev–Trinajstić information content (AvgIpc) is 2.64. The van der Waals surface area contributed by atoms with Gasteiger partial charge in [0.2, 0.25) is 5.89 Å². The zero-order valence-corrected chi connectivity index (χ0v) is 9.36. The van der Waals surface area contributed by atoms with Gasteiger partial charge in [-0.05, 0) is 18.3 Å². The Hall–Kier alpha value is -1.10. The van der Waals surface area contributed by atoms with Crippen LogP contribution in [-0.2, 0) is 6.54 Å². The van der Waals surface area contributed by atoms with Crippen LogP contribution in [0.5, 0.6) is 0 Å². The molecule has 0 saturated carbocycles. The Balaban J connectivity index is 2.10. The van der Waals surface area contributed by atoms with Gasteiger partial charge in [0, 0.05) is 13.1 Å². The van der Waals surface area contributed by atoms with Gasteiger partial charge in [-0.15, -0.1) is 5.10 Å². The Labute approximate surface area is 89.6 Å². The topological polar surface area (TPSA) is 68.2 Å². The van der Waals surface area contributed by atoms with Crippen LogP contribution in [0.2, 0.25) is 0 Å². The highest BCUT2D eigenvalue weighted by Gasteiger charge is 2.28. The third-order valence-corrected chi connectivity index (χ3v) is 2.80. The molecule has 2 N–H and O–H groups in total. The molecule has 1 aliphatic heterocycles. The lowest BCUT2D eigenvalue weighted by molar-refractivity contribution is 0.282. The third kappa shape index (κ3) is 2.28. The third-order valence-electron chi connectivity index (χ3n) is 2.80. The van der Waals surface area contributed by atoms with Gasteiger partial charge in [-0.2, -0.15) is 0 Å². The van der Waals surface area contributed by atoms with Crippen LogP contribution in [0.4, 0.5) is 6.01 Å². The van der Waals surface area contributed by atoms with Crippen LogP contribution < -0.4 is 10.6 Å². The largest absolute Gasteiger partial charge is 0.407 e. The van der Waals surface area contributed by atoms with E-state index in [1.807, 2.05) is 0 Å². The highest BCUT2D eigenvalue weighted by atomic mass is 16.4. The van der Waals surface area contributed by atoms with Crippen molar-refractivity contribution in [3.05, 3.63) is 5.89 Å². The van der Waals surface area contributed by atoms with Gasteiger partial charge >= 0.3 is 6.01 Å². The second kappa shape index (κ2) is 3.81.